The van der Waals surface area contributed by atoms with Crippen molar-refractivity contribution in [2.24, 2.45) is 0 Å². The third-order valence-corrected chi connectivity index (χ3v) is 2.97. The minimum atomic E-state index is -2.44. The minimum Gasteiger partial charge on any atom is -0.397 e. The summed E-state index contributed by atoms with van der Waals surface area (Å²) in [5.74, 6) is 0.282. The normalized spacial score (nSPS) is 10.7. The Labute approximate surface area is 125 Å². The second-order valence-corrected chi connectivity index (χ2v) is 4.61. The number of nitro benzene ring substituents is 1. The topological polar surface area (TPSA) is 94.1 Å². The Morgan fingerprint density at radius 3 is 2.77 bits per heavy atom. The van der Waals surface area contributed by atoms with Gasteiger partial charge in [-0.15, -0.1) is 0 Å². The lowest BCUT2D eigenvalue weighted by molar-refractivity contribution is -0.383. The Bertz CT molecular complexity index is 680. The van der Waals surface area contributed by atoms with Gasteiger partial charge in [0.25, 0.3) is 5.69 Å². The fourth-order valence-electron chi connectivity index (χ4n) is 1.96. The zero-order valence-corrected chi connectivity index (χ0v) is 11.5. The molecular formula is C14H14F2N4O2. The van der Waals surface area contributed by atoms with Crippen molar-refractivity contribution in [1.29, 1.82) is 0 Å². The molecule has 1 heterocycles. The van der Waals surface area contributed by atoms with Gasteiger partial charge in [-0.25, -0.2) is 13.8 Å². The molecule has 0 aliphatic rings. The molecule has 0 aliphatic heterocycles. The van der Waals surface area contributed by atoms with Crippen LogP contribution in [-0.4, -0.2) is 16.3 Å². The number of aromatic nitrogens is 1. The Morgan fingerprint density at radius 1 is 1.36 bits per heavy atom. The first-order valence-electron chi connectivity index (χ1n) is 6.50. The van der Waals surface area contributed by atoms with Gasteiger partial charge in [-0.05, 0) is 24.1 Å². The first-order chi connectivity index (χ1) is 10.5. The van der Waals surface area contributed by atoms with E-state index in [0.29, 0.717) is 11.3 Å². The van der Waals surface area contributed by atoms with Gasteiger partial charge in [-0.1, -0.05) is 12.1 Å². The molecule has 6 nitrogen and oxygen atoms in total. The number of nitrogens with one attached hydrogen (secondary N) is 1. The fourth-order valence-corrected chi connectivity index (χ4v) is 1.96. The monoisotopic (exact) mass is 308 g/mol. The number of nitrogens with zero attached hydrogens (tertiary/aromatic N) is 2. The van der Waals surface area contributed by atoms with E-state index in [4.69, 9.17) is 5.73 Å². The van der Waals surface area contributed by atoms with Gasteiger partial charge in [0.05, 0.1) is 16.8 Å². The largest absolute Gasteiger partial charge is 0.397 e. The third-order valence-electron chi connectivity index (χ3n) is 2.97. The average Bonchev–Trinajstić information content (AvgIpc) is 2.47. The molecular weight excluding hydrogens is 294 g/mol. The predicted molar refractivity (Wildman–Crippen MR) is 79.4 cm³/mol. The lowest BCUT2D eigenvalue weighted by atomic mass is 10.1. The third kappa shape index (κ3) is 3.87. The van der Waals surface area contributed by atoms with Crippen molar-refractivity contribution in [3.05, 3.63) is 52.2 Å². The van der Waals surface area contributed by atoms with Crippen LogP contribution in [-0.2, 0) is 6.42 Å². The first-order valence-corrected chi connectivity index (χ1v) is 6.50. The number of halogens is 2. The van der Waals surface area contributed by atoms with Gasteiger partial charge in [0, 0.05) is 12.5 Å². The van der Waals surface area contributed by atoms with E-state index < -0.39 is 11.3 Å². The highest BCUT2D eigenvalue weighted by Crippen LogP contribution is 2.29. The molecule has 8 heteroatoms. The van der Waals surface area contributed by atoms with Gasteiger partial charge in [0.1, 0.15) is 11.5 Å². The highest BCUT2D eigenvalue weighted by atomic mass is 19.3. The fraction of sp³-hybridized carbons (Fsp3) is 0.214. The SMILES string of the molecule is Nc1cnc(Nc2ccccc2[N+](=O)[O-])c(CCC(F)F)c1. The number of rotatable bonds is 6. The van der Waals surface area contributed by atoms with Crippen LogP contribution in [0.4, 0.5) is 31.7 Å². The number of nitro groups is 1. The number of nitrogen functional groups attached to an aromatic ring is 1. The highest BCUT2D eigenvalue weighted by molar-refractivity contribution is 5.69. The summed E-state index contributed by atoms with van der Waals surface area (Å²) >= 11 is 0. The number of benzene rings is 1. The van der Waals surface area contributed by atoms with E-state index in [0.717, 1.165) is 0 Å². The number of hydrogen-bond donors (Lipinski definition) is 2. The van der Waals surface area contributed by atoms with Gasteiger partial charge in [0.2, 0.25) is 6.43 Å². The van der Waals surface area contributed by atoms with Gasteiger partial charge in [0.15, 0.2) is 0 Å². The zero-order valence-electron chi connectivity index (χ0n) is 11.5. The first kappa shape index (κ1) is 15.6. The Balaban J connectivity index is 2.31. The smallest absolute Gasteiger partial charge is 0.292 e. The Hall–Kier alpha value is -2.77. The van der Waals surface area contributed by atoms with Crippen LogP contribution < -0.4 is 11.1 Å². The lowest BCUT2D eigenvalue weighted by Crippen LogP contribution is -2.04. The van der Waals surface area contributed by atoms with Crippen molar-refractivity contribution in [3.63, 3.8) is 0 Å². The molecule has 0 aliphatic carbocycles. The van der Waals surface area contributed by atoms with Gasteiger partial charge < -0.3 is 11.1 Å². The van der Waals surface area contributed by atoms with E-state index in [2.05, 4.69) is 10.3 Å². The number of alkyl halides is 2. The molecule has 0 atom stereocenters. The van der Waals surface area contributed by atoms with E-state index in [-0.39, 0.29) is 30.0 Å². The Morgan fingerprint density at radius 2 is 2.09 bits per heavy atom. The standard InChI is InChI=1S/C14H14F2N4O2/c15-13(16)6-5-9-7-10(17)8-18-14(9)19-11-3-1-2-4-12(11)20(21)22/h1-4,7-8,13H,5-6,17H2,(H,18,19). The van der Waals surface area contributed by atoms with Crippen LogP contribution in [0, 0.1) is 10.1 Å². The summed E-state index contributed by atoms with van der Waals surface area (Å²) in [5, 5.41) is 13.8. The van der Waals surface area contributed by atoms with Crippen molar-refractivity contribution >= 4 is 22.9 Å². The predicted octanol–water partition coefficient (Wildman–Crippen LogP) is 3.51. The van der Waals surface area contributed by atoms with Crippen LogP contribution in [0.25, 0.3) is 0 Å². The van der Waals surface area contributed by atoms with Gasteiger partial charge in [-0.2, -0.15) is 0 Å². The number of para-hydroxylation sites is 2. The quantitative estimate of drug-likeness (QED) is 0.629. The van der Waals surface area contributed by atoms with Crippen molar-refractivity contribution < 1.29 is 13.7 Å². The van der Waals surface area contributed by atoms with Gasteiger partial charge in [-0.3, -0.25) is 10.1 Å². The number of hydrogen-bond acceptors (Lipinski definition) is 5. The van der Waals surface area contributed by atoms with E-state index in [1.807, 2.05) is 0 Å². The molecule has 0 saturated carbocycles. The van der Waals surface area contributed by atoms with Crippen LogP contribution in [0.2, 0.25) is 0 Å². The summed E-state index contributed by atoms with van der Waals surface area (Å²) in [7, 11) is 0. The molecule has 0 bridgehead atoms. The summed E-state index contributed by atoms with van der Waals surface area (Å²) < 4.78 is 24.8. The van der Waals surface area contributed by atoms with Crippen LogP contribution >= 0.6 is 0 Å². The lowest BCUT2D eigenvalue weighted by Gasteiger charge is -2.12. The summed E-state index contributed by atoms with van der Waals surface area (Å²) in [6.07, 6.45) is -1.35. The molecule has 0 radical (unpaired) electrons. The van der Waals surface area contributed by atoms with E-state index in [1.165, 1.54) is 30.5 Å². The maximum atomic E-state index is 12.4. The molecule has 0 saturated heterocycles. The molecule has 1 aromatic heterocycles. The number of aryl methyl sites for hydroxylation is 1. The molecule has 116 valence electrons. The van der Waals surface area contributed by atoms with Crippen molar-refractivity contribution in [2.75, 3.05) is 11.1 Å². The van der Waals surface area contributed by atoms with Crippen LogP contribution in [0.15, 0.2) is 36.5 Å². The number of nitrogens with two attached hydrogens (primary N) is 1. The van der Waals surface area contributed by atoms with Crippen LogP contribution in [0.3, 0.4) is 0 Å². The van der Waals surface area contributed by atoms with Crippen LogP contribution in [0.1, 0.15) is 12.0 Å². The molecule has 2 aromatic rings. The molecule has 0 amide bonds. The van der Waals surface area contributed by atoms with Crippen molar-refractivity contribution in [1.82, 2.24) is 4.98 Å². The second kappa shape index (κ2) is 6.79. The molecule has 0 spiro atoms. The molecule has 0 fully saturated rings. The van der Waals surface area contributed by atoms with Crippen LogP contribution in [0.5, 0.6) is 0 Å². The number of anilines is 3. The summed E-state index contributed by atoms with van der Waals surface area (Å²) in [4.78, 5) is 14.5. The Kier molecular flexibility index (Phi) is 4.82. The number of pyridine rings is 1. The molecule has 1 aromatic carbocycles. The van der Waals surface area contributed by atoms with E-state index >= 15 is 0 Å². The summed E-state index contributed by atoms with van der Waals surface area (Å²) in [6, 6.07) is 7.57. The average molecular weight is 308 g/mol. The van der Waals surface area contributed by atoms with Crippen molar-refractivity contribution in [2.45, 2.75) is 19.3 Å². The van der Waals surface area contributed by atoms with E-state index in [1.54, 1.807) is 6.07 Å². The second-order valence-electron chi connectivity index (χ2n) is 4.61. The maximum Gasteiger partial charge on any atom is 0.292 e. The molecule has 22 heavy (non-hydrogen) atoms. The zero-order chi connectivity index (χ0) is 16.1. The minimum absolute atomic E-state index is 0.0681. The summed E-state index contributed by atoms with van der Waals surface area (Å²) in [6.45, 7) is 0. The molecule has 0 unspecified atom stereocenters. The maximum absolute atomic E-state index is 12.4. The summed E-state index contributed by atoms with van der Waals surface area (Å²) in [5.41, 5.74) is 6.56. The molecule has 2 rings (SSSR count). The van der Waals surface area contributed by atoms with E-state index in [9.17, 15) is 18.9 Å². The van der Waals surface area contributed by atoms with Gasteiger partial charge >= 0.3 is 0 Å². The highest BCUT2D eigenvalue weighted by Gasteiger charge is 2.15. The van der Waals surface area contributed by atoms with Crippen molar-refractivity contribution in [3.8, 4) is 0 Å². The molecule has 3 N–H and O–H groups in total.